The number of benzene rings is 1. The van der Waals surface area contributed by atoms with Gasteiger partial charge in [-0.05, 0) is 6.07 Å². The Morgan fingerprint density at radius 1 is 1.41 bits per heavy atom. The second-order valence-electron chi connectivity index (χ2n) is 3.20. The van der Waals surface area contributed by atoms with Crippen molar-refractivity contribution in [2.75, 3.05) is 13.7 Å². The summed E-state index contributed by atoms with van der Waals surface area (Å²) in [5.74, 6) is -0.264. The molecule has 0 aliphatic carbocycles. The van der Waals surface area contributed by atoms with Crippen LogP contribution >= 0.6 is 0 Å². The number of hydrogen-bond donors (Lipinski definition) is 1. The van der Waals surface area contributed by atoms with E-state index in [1.165, 1.54) is 13.2 Å². The molecule has 1 aromatic carbocycles. The van der Waals surface area contributed by atoms with Crippen LogP contribution in [0.15, 0.2) is 24.3 Å². The molecule has 1 rings (SSSR count). The molecule has 0 saturated carbocycles. The van der Waals surface area contributed by atoms with Crippen LogP contribution in [0.5, 0.6) is 5.75 Å². The van der Waals surface area contributed by atoms with Crippen LogP contribution in [0.3, 0.4) is 0 Å². The first kappa shape index (κ1) is 13.4. The number of halogens is 2. The van der Waals surface area contributed by atoms with E-state index >= 15 is 0 Å². The van der Waals surface area contributed by atoms with E-state index in [2.05, 4.69) is 14.8 Å². The van der Waals surface area contributed by atoms with E-state index in [1.807, 2.05) is 0 Å². The third kappa shape index (κ3) is 4.78. The third-order valence-corrected chi connectivity index (χ3v) is 1.94. The van der Waals surface area contributed by atoms with Crippen LogP contribution in [-0.2, 0) is 16.1 Å². The van der Waals surface area contributed by atoms with E-state index in [0.717, 1.165) is 0 Å². The predicted octanol–water partition coefficient (Wildman–Crippen LogP) is 1.55. The number of nitrogens with one attached hydrogen (secondary N) is 1. The highest BCUT2D eigenvalue weighted by Crippen LogP contribution is 2.19. The van der Waals surface area contributed by atoms with Gasteiger partial charge in [0.1, 0.15) is 12.4 Å². The molecule has 1 N–H and O–H groups in total. The van der Waals surface area contributed by atoms with Crippen molar-refractivity contribution in [3.05, 3.63) is 29.8 Å². The third-order valence-electron chi connectivity index (χ3n) is 1.94. The van der Waals surface area contributed by atoms with Gasteiger partial charge in [-0.1, -0.05) is 18.2 Å². The molecule has 0 aromatic heterocycles. The quantitative estimate of drug-likeness (QED) is 0.827. The van der Waals surface area contributed by atoms with Crippen LogP contribution in [0, 0.1) is 0 Å². The van der Waals surface area contributed by atoms with Gasteiger partial charge in [0.05, 0.1) is 0 Å². The Balaban J connectivity index is 2.60. The zero-order chi connectivity index (χ0) is 12.7. The lowest BCUT2D eigenvalue weighted by Crippen LogP contribution is -2.26. The average molecular weight is 245 g/mol. The number of carbonyl (C=O) groups is 1. The minimum Gasteiger partial charge on any atom is -0.434 e. The van der Waals surface area contributed by atoms with Gasteiger partial charge in [0, 0.05) is 19.2 Å². The molecule has 0 saturated heterocycles. The summed E-state index contributed by atoms with van der Waals surface area (Å²) in [5, 5.41) is 2.52. The monoisotopic (exact) mass is 245 g/mol. The van der Waals surface area contributed by atoms with Crippen LogP contribution in [0.25, 0.3) is 0 Å². The summed E-state index contributed by atoms with van der Waals surface area (Å²) < 4.78 is 33.1. The van der Waals surface area contributed by atoms with E-state index in [-0.39, 0.29) is 24.8 Å². The van der Waals surface area contributed by atoms with E-state index in [9.17, 15) is 13.6 Å². The highest BCUT2D eigenvalue weighted by molar-refractivity contribution is 5.77. The molecule has 4 nitrogen and oxygen atoms in total. The average Bonchev–Trinajstić information content (AvgIpc) is 2.27. The number of carbonyl (C=O) groups excluding carboxylic acids is 1. The van der Waals surface area contributed by atoms with Gasteiger partial charge in [-0.15, -0.1) is 0 Å². The molecule has 1 amide bonds. The Bertz CT molecular complexity index is 371. The van der Waals surface area contributed by atoms with Crippen molar-refractivity contribution >= 4 is 5.91 Å². The Morgan fingerprint density at radius 3 is 2.76 bits per heavy atom. The van der Waals surface area contributed by atoms with Crippen LogP contribution in [0.4, 0.5) is 8.78 Å². The number of hydrogen-bond acceptors (Lipinski definition) is 3. The van der Waals surface area contributed by atoms with Crippen molar-refractivity contribution in [2.45, 2.75) is 13.2 Å². The summed E-state index contributed by atoms with van der Waals surface area (Å²) in [6, 6.07) is 6.28. The van der Waals surface area contributed by atoms with E-state index in [4.69, 9.17) is 0 Å². The molecule has 6 heteroatoms. The first-order valence-corrected chi connectivity index (χ1v) is 4.92. The second kappa shape index (κ2) is 6.80. The van der Waals surface area contributed by atoms with Crippen LogP contribution in [0.1, 0.15) is 5.56 Å². The van der Waals surface area contributed by atoms with Gasteiger partial charge in [-0.25, -0.2) is 0 Å². The van der Waals surface area contributed by atoms with Gasteiger partial charge in [0.25, 0.3) is 0 Å². The van der Waals surface area contributed by atoms with Crippen molar-refractivity contribution in [3.63, 3.8) is 0 Å². The maximum atomic E-state index is 12.1. The molecule has 0 fully saturated rings. The van der Waals surface area contributed by atoms with Gasteiger partial charge in [-0.3, -0.25) is 4.79 Å². The summed E-state index contributed by atoms with van der Waals surface area (Å²) in [5.41, 5.74) is 0.484. The molecule has 0 radical (unpaired) electrons. The van der Waals surface area contributed by atoms with E-state index < -0.39 is 6.61 Å². The molecule has 17 heavy (non-hydrogen) atoms. The lowest BCUT2D eigenvalue weighted by atomic mass is 10.2. The van der Waals surface area contributed by atoms with Gasteiger partial charge in [0.2, 0.25) is 5.91 Å². The molecule has 0 heterocycles. The van der Waals surface area contributed by atoms with Crippen LogP contribution < -0.4 is 10.1 Å². The second-order valence-corrected chi connectivity index (χ2v) is 3.20. The molecule has 0 aliphatic rings. The molecule has 0 spiro atoms. The number of rotatable bonds is 6. The fraction of sp³-hybridized carbons (Fsp3) is 0.364. The number of alkyl halides is 2. The van der Waals surface area contributed by atoms with E-state index in [1.54, 1.807) is 18.2 Å². The van der Waals surface area contributed by atoms with E-state index in [0.29, 0.717) is 5.56 Å². The SMILES string of the molecule is COCC(=O)NCc1ccccc1OC(F)F. The first-order valence-electron chi connectivity index (χ1n) is 4.92. The van der Waals surface area contributed by atoms with Gasteiger partial charge < -0.3 is 14.8 Å². The Morgan fingerprint density at radius 2 is 2.12 bits per heavy atom. The maximum Gasteiger partial charge on any atom is 0.387 e. The predicted molar refractivity (Wildman–Crippen MR) is 56.8 cm³/mol. The smallest absolute Gasteiger partial charge is 0.387 e. The molecule has 0 bridgehead atoms. The molecule has 94 valence electrons. The molecule has 0 aliphatic heterocycles. The van der Waals surface area contributed by atoms with Crippen LogP contribution in [-0.4, -0.2) is 26.2 Å². The van der Waals surface area contributed by atoms with Crippen molar-refractivity contribution in [2.24, 2.45) is 0 Å². The fourth-order valence-corrected chi connectivity index (χ4v) is 1.24. The van der Waals surface area contributed by atoms with Gasteiger partial charge >= 0.3 is 6.61 Å². The summed E-state index contributed by atoms with van der Waals surface area (Å²) in [6.07, 6.45) is 0. The topological polar surface area (TPSA) is 47.6 Å². The Kier molecular flexibility index (Phi) is 5.35. The zero-order valence-corrected chi connectivity index (χ0v) is 9.28. The maximum absolute atomic E-state index is 12.1. The highest BCUT2D eigenvalue weighted by atomic mass is 19.3. The van der Waals surface area contributed by atoms with Crippen molar-refractivity contribution in [1.29, 1.82) is 0 Å². The summed E-state index contributed by atoms with van der Waals surface area (Å²) in [6.45, 7) is -2.84. The Hall–Kier alpha value is -1.69. The number of para-hydroxylation sites is 1. The molecule has 0 atom stereocenters. The minimum absolute atomic E-state index is 0.0558. The standard InChI is InChI=1S/C11H13F2NO3/c1-16-7-10(15)14-6-8-4-2-3-5-9(8)17-11(12)13/h2-5,11H,6-7H2,1H3,(H,14,15). The Labute approximate surface area is 97.5 Å². The minimum atomic E-state index is -2.88. The van der Waals surface area contributed by atoms with Crippen molar-refractivity contribution in [1.82, 2.24) is 5.32 Å². The lowest BCUT2D eigenvalue weighted by Gasteiger charge is -2.11. The van der Waals surface area contributed by atoms with Crippen molar-refractivity contribution < 1.29 is 23.0 Å². The van der Waals surface area contributed by atoms with Gasteiger partial charge in [0.15, 0.2) is 0 Å². The molecule has 1 aromatic rings. The summed E-state index contributed by atoms with van der Waals surface area (Å²) in [4.78, 5) is 11.1. The normalized spacial score (nSPS) is 10.4. The molecular weight excluding hydrogens is 232 g/mol. The first-order chi connectivity index (χ1) is 8.13. The van der Waals surface area contributed by atoms with Crippen molar-refractivity contribution in [3.8, 4) is 5.75 Å². The number of ether oxygens (including phenoxy) is 2. The number of methoxy groups -OCH3 is 1. The lowest BCUT2D eigenvalue weighted by molar-refractivity contribution is -0.124. The number of amides is 1. The molecular formula is C11H13F2NO3. The fourth-order valence-electron chi connectivity index (χ4n) is 1.24. The summed E-state index contributed by atoms with van der Waals surface area (Å²) in [7, 11) is 1.40. The largest absolute Gasteiger partial charge is 0.434 e. The molecule has 0 unspecified atom stereocenters. The zero-order valence-electron chi connectivity index (χ0n) is 9.28. The van der Waals surface area contributed by atoms with Gasteiger partial charge in [-0.2, -0.15) is 8.78 Å². The highest BCUT2D eigenvalue weighted by Gasteiger charge is 2.09. The van der Waals surface area contributed by atoms with Crippen LogP contribution in [0.2, 0.25) is 0 Å². The summed E-state index contributed by atoms with van der Waals surface area (Å²) >= 11 is 0.